The molecule has 1 heterocycles. The Labute approximate surface area is 110 Å². The van der Waals surface area contributed by atoms with E-state index in [0.717, 1.165) is 22.3 Å². The van der Waals surface area contributed by atoms with Crippen LogP contribution >= 0.6 is 0 Å². The summed E-state index contributed by atoms with van der Waals surface area (Å²) >= 11 is 0. The molecule has 0 saturated heterocycles. The van der Waals surface area contributed by atoms with Gasteiger partial charge in [0.05, 0.1) is 0 Å². The maximum atomic E-state index is 4.00. The minimum atomic E-state index is 0.655. The average molecular weight is 248 g/mol. The summed E-state index contributed by atoms with van der Waals surface area (Å²) in [5.74, 6) is 0.655. The van der Waals surface area contributed by atoms with Crippen LogP contribution < -0.4 is 0 Å². The molecule has 4 nitrogen and oxygen atoms in total. The predicted octanol–water partition coefficient (Wildman–Crippen LogP) is 3.18. The van der Waals surface area contributed by atoms with Crippen molar-refractivity contribution in [2.24, 2.45) is 0 Å². The highest BCUT2D eigenvalue weighted by Gasteiger charge is 2.10. The third kappa shape index (κ3) is 2.15. The second-order valence-corrected chi connectivity index (χ2v) is 4.13. The third-order valence-electron chi connectivity index (χ3n) is 2.96. The van der Waals surface area contributed by atoms with Crippen LogP contribution in [0.3, 0.4) is 0 Å². The Bertz CT molecular complexity index is 687. The van der Waals surface area contributed by atoms with Gasteiger partial charge in [-0.25, -0.2) is 5.10 Å². The highest BCUT2D eigenvalue weighted by Crippen LogP contribution is 2.30. The van der Waals surface area contributed by atoms with Crippen LogP contribution in [0.2, 0.25) is 0 Å². The SMILES string of the molecule is C=Cc1ccc(-c2ccccc2)c(-c2nnn[nH]2)c1. The number of hydrogen-bond acceptors (Lipinski definition) is 3. The fraction of sp³-hybridized carbons (Fsp3) is 0. The summed E-state index contributed by atoms with van der Waals surface area (Å²) in [7, 11) is 0. The van der Waals surface area contributed by atoms with Crippen LogP contribution in [-0.2, 0) is 0 Å². The standard InChI is InChI=1S/C15H12N4/c1-2-11-8-9-13(12-6-4-3-5-7-12)14(10-11)15-16-18-19-17-15/h2-10H,1H2,(H,16,17,18,19). The molecule has 0 aliphatic heterocycles. The van der Waals surface area contributed by atoms with Crippen molar-refractivity contribution in [2.75, 3.05) is 0 Å². The van der Waals surface area contributed by atoms with Gasteiger partial charge in [-0.3, -0.25) is 0 Å². The Morgan fingerprint density at radius 3 is 2.53 bits per heavy atom. The van der Waals surface area contributed by atoms with Crippen LogP contribution in [0.1, 0.15) is 5.56 Å². The van der Waals surface area contributed by atoms with Crippen molar-refractivity contribution >= 4 is 6.08 Å². The third-order valence-corrected chi connectivity index (χ3v) is 2.96. The smallest absolute Gasteiger partial charge is 0.180 e. The molecule has 1 aromatic heterocycles. The van der Waals surface area contributed by atoms with E-state index in [4.69, 9.17) is 0 Å². The van der Waals surface area contributed by atoms with E-state index in [1.165, 1.54) is 0 Å². The van der Waals surface area contributed by atoms with Gasteiger partial charge in [-0.15, -0.1) is 5.10 Å². The Hall–Kier alpha value is -2.75. The lowest BCUT2D eigenvalue weighted by molar-refractivity contribution is 0.881. The number of aromatic amines is 1. The van der Waals surface area contributed by atoms with Crippen molar-refractivity contribution in [3.05, 3.63) is 60.7 Å². The molecule has 1 N–H and O–H groups in total. The van der Waals surface area contributed by atoms with Crippen LogP contribution in [0, 0.1) is 0 Å². The Morgan fingerprint density at radius 1 is 1.00 bits per heavy atom. The Morgan fingerprint density at radius 2 is 1.84 bits per heavy atom. The number of benzene rings is 2. The first-order valence-corrected chi connectivity index (χ1v) is 5.94. The van der Waals surface area contributed by atoms with Crippen molar-refractivity contribution < 1.29 is 0 Å². The van der Waals surface area contributed by atoms with Crippen LogP contribution in [0.4, 0.5) is 0 Å². The van der Waals surface area contributed by atoms with Crippen molar-refractivity contribution in [1.82, 2.24) is 20.6 Å². The maximum absolute atomic E-state index is 4.00. The molecule has 0 fully saturated rings. The summed E-state index contributed by atoms with van der Waals surface area (Å²) in [4.78, 5) is 0. The second-order valence-electron chi connectivity index (χ2n) is 4.13. The molecule has 4 heteroatoms. The van der Waals surface area contributed by atoms with Crippen LogP contribution in [-0.4, -0.2) is 20.6 Å². The quantitative estimate of drug-likeness (QED) is 0.774. The molecule has 0 aliphatic rings. The van der Waals surface area contributed by atoms with E-state index in [1.807, 2.05) is 36.4 Å². The lowest BCUT2D eigenvalue weighted by Gasteiger charge is -2.08. The number of nitrogens with zero attached hydrogens (tertiary/aromatic N) is 3. The normalized spacial score (nSPS) is 10.3. The van der Waals surface area contributed by atoms with Gasteiger partial charge >= 0.3 is 0 Å². The van der Waals surface area contributed by atoms with E-state index in [-0.39, 0.29) is 0 Å². The first-order chi connectivity index (χ1) is 9.38. The summed E-state index contributed by atoms with van der Waals surface area (Å²) in [6.07, 6.45) is 1.81. The molecule has 0 saturated carbocycles. The molecular weight excluding hydrogens is 236 g/mol. The van der Waals surface area contributed by atoms with Crippen molar-refractivity contribution in [3.63, 3.8) is 0 Å². The number of hydrogen-bond donors (Lipinski definition) is 1. The van der Waals surface area contributed by atoms with E-state index in [9.17, 15) is 0 Å². The molecule has 3 rings (SSSR count). The van der Waals surface area contributed by atoms with Gasteiger partial charge in [0.2, 0.25) is 0 Å². The molecule has 2 aromatic carbocycles. The minimum absolute atomic E-state index is 0.655. The summed E-state index contributed by atoms with van der Waals surface area (Å²) in [6, 6.07) is 16.3. The molecule has 0 spiro atoms. The largest absolute Gasteiger partial charge is 0.239 e. The monoisotopic (exact) mass is 248 g/mol. The van der Waals surface area contributed by atoms with Gasteiger partial charge in [-0.1, -0.05) is 55.1 Å². The molecule has 0 radical (unpaired) electrons. The van der Waals surface area contributed by atoms with E-state index in [2.05, 4.69) is 45.4 Å². The molecular formula is C15H12N4. The lowest BCUT2D eigenvalue weighted by atomic mass is 9.97. The van der Waals surface area contributed by atoms with Crippen LogP contribution in [0.15, 0.2) is 55.1 Å². The zero-order chi connectivity index (χ0) is 13.1. The van der Waals surface area contributed by atoms with E-state index in [0.29, 0.717) is 5.82 Å². The Balaban J connectivity index is 2.22. The highest BCUT2D eigenvalue weighted by atomic mass is 15.5. The highest BCUT2D eigenvalue weighted by molar-refractivity contribution is 5.82. The predicted molar refractivity (Wildman–Crippen MR) is 75.1 cm³/mol. The minimum Gasteiger partial charge on any atom is -0.239 e. The van der Waals surface area contributed by atoms with E-state index < -0.39 is 0 Å². The molecule has 0 atom stereocenters. The van der Waals surface area contributed by atoms with E-state index >= 15 is 0 Å². The Kier molecular flexibility index (Phi) is 2.90. The van der Waals surface area contributed by atoms with E-state index in [1.54, 1.807) is 0 Å². The summed E-state index contributed by atoms with van der Waals surface area (Å²) in [5.41, 5.74) is 4.22. The van der Waals surface area contributed by atoms with Crippen molar-refractivity contribution in [2.45, 2.75) is 0 Å². The van der Waals surface area contributed by atoms with Crippen LogP contribution in [0.5, 0.6) is 0 Å². The van der Waals surface area contributed by atoms with Gasteiger partial charge < -0.3 is 0 Å². The maximum Gasteiger partial charge on any atom is 0.180 e. The van der Waals surface area contributed by atoms with Gasteiger partial charge in [-0.2, -0.15) is 0 Å². The summed E-state index contributed by atoms with van der Waals surface area (Å²) < 4.78 is 0. The average Bonchev–Trinajstić information content (AvgIpc) is 3.01. The zero-order valence-corrected chi connectivity index (χ0v) is 10.2. The molecule has 19 heavy (non-hydrogen) atoms. The lowest BCUT2D eigenvalue weighted by Crippen LogP contribution is -1.88. The summed E-state index contributed by atoms with van der Waals surface area (Å²) in [5, 5.41) is 14.1. The topological polar surface area (TPSA) is 54.5 Å². The first-order valence-electron chi connectivity index (χ1n) is 5.94. The number of H-pyrrole nitrogens is 1. The fourth-order valence-corrected chi connectivity index (χ4v) is 2.03. The van der Waals surface area contributed by atoms with Gasteiger partial charge in [0.1, 0.15) is 0 Å². The molecule has 0 aliphatic carbocycles. The van der Waals surface area contributed by atoms with Gasteiger partial charge in [0, 0.05) is 5.56 Å². The molecule has 0 amide bonds. The second kappa shape index (κ2) is 4.86. The van der Waals surface area contributed by atoms with Gasteiger partial charge in [0.15, 0.2) is 5.82 Å². The van der Waals surface area contributed by atoms with Crippen LogP contribution in [0.25, 0.3) is 28.6 Å². The number of tetrazole rings is 1. The van der Waals surface area contributed by atoms with Gasteiger partial charge in [-0.05, 0) is 33.2 Å². The summed E-state index contributed by atoms with van der Waals surface area (Å²) in [6.45, 7) is 3.79. The van der Waals surface area contributed by atoms with Gasteiger partial charge in [0.25, 0.3) is 0 Å². The molecule has 92 valence electrons. The molecule has 0 unspecified atom stereocenters. The number of rotatable bonds is 3. The first kappa shape index (κ1) is 11.3. The number of nitrogens with one attached hydrogen (secondary N) is 1. The molecule has 3 aromatic rings. The zero-order valence-electron chi connectivity index (χ0n) is 10.2. The fourth-order valence-electron chi connectivity index (χ4n) is 2.03. The molecule has 0 bridgehead atoms. The van der Waals surface area contributed by atoms with Crippen molar-refractivity contribution in [3.8, 4) is 22.5 Å². The number of aromatic nitrogens is 4. The van der Waals surface area contributed by atoms with Crippen molar-refractivity contribution in [1.29, 1.82) is 0 Å².